The highest BCUT2D eigenvalue weighted by atomic mass is 16.5. The first-order chi connectivity index (χ1) is 9.61. The molecule has 1 atom stereocenters. The molecule has 20 heavy (non-hydrogen) atoms. The Balaban J connectivity index is 2.11. The largest absolute Gasteiger partial charge is 0.465 e. The van der Waals surface area contributed by atoms with E-state index in [2.05, 4.69) is 42.0 Å². The van der Waals surface area contributed by atoms with Gasteiger partial charge in [0, 0.05) is 26.2 Å². The van der Waals surface area contributed by atoms with E-state index in [9.17, 15) is 4.79 Å². The van der Waals surface area contributed by atoms with Gasteiger partial charge in [-0.3, -0.25) is 9.69 Å². The van der Waals surface area contributed by atoms with Crippen molar-refractivity contribution >= 4 is 5.97 Å². The lowest BCUT2D eigenvalue weighted by Crippen LogP contribution is -2.55. The predicted octanol–water partition coefficient (Wildman–Crippen LogP) is 1.67. The minimum atomic E-state index is -0.159. The molecule has 1 aliphatic rings. The van der Waals surface area contributed by atoms with Crippen molar-refractivity contribution in [1.29, 1.82) is 0 Å². The number of nitrogens with zero attached hydrogens (tertiary/aromatic N) is 2. The first-order valence-corrected chi connectivity index (χ1v) is 7.25. The molecule has 1 aliphatic heterocycles. The minimum Gasteiger partial charge on any atom is -0.465 e. The van der Waals surface area contributed by atoms with Crippen LogP contribution in [0.5, 0.6) is 0 Å². The van der Waals surface area contributed by atoms with Crippen LogP contribution >= 0.6 is 0 Å². The summed E-state index contributed by atoms with van der Waals surface area (Å²) in [4.78, 5) is 16.6. The van der Waals surface area contributed by atoms with E-state index in [0.717, 1.165) is 26.2 Å². The first kappa shape index (κ1) is 15.0. The standard InChI is InChI=1S/C16H24N2O2/c1-4-20-16(19)15-12-17(3)9-10-18(15)11-14-8-6-5-7-13(14)2/h5-8,15H,4,9-12H2,1-3H3. The van der Waals surface area contributed by atoms with Gasteiger partial charge in [-0.1, -0.05) is 24.3 Å². The van der Waals surface area contributed by atoms with Gasteiger partial charge >= 0.3 is 5.97 Å². The number of likely N-dealkylation sites (N-methyl/N-ethyl adjacent to an activating group) is 1. The summed E-state index contributed by atoms with van der Waals surface area (Å²) >= 11 is 0. The fourth-order valence-electron chi connectivity index (χ4n) is 2.61. The molecule has 0 bridgehead atoms. The molecule has 1 fully saturated rings. The number of carbonyl (C=O) groups excluding carboxylic acids is 1. The smallest absolute Gasteiger partial charge is 0.324 e. The van der Waals surface area contributed by atoms with Crippen LogP contribution in [-0.4, -0.2) is 55.1 Å². The van der Waals surface area contributed by atoms with Gasteiger partial charge in [-0.05, 0) is 32.0 Å². The van der Waals surface area contributed by atoms with Crippen LogP contribution in [0.15, 0.2) is 24.3 Å². The third-order valence-corrected chi connectivity index (χ3v) is 3.89. The summed E-state index contributed by atoms with van der Waals surface area (Å²) in [7, 11) is 2.05. The summed E-state index contributed by atoms with van der Waals surface area (Å²) < 4.78 is 5.22. The van der Waals surface area contributed by atoms with Crippen LogP contribution < -0.4 is 0 Å². The van der Waals surface area contributed by atoms with Crippen LogP contribution in [-0.2, 0) is 16.1 Å². The van der Waals surface area contributed by atoms with Crippen molar-refractivity contribution < 1.29 is 9.53 Å². The number of carbonyl (C=O) groups is 1. The van der Waals surface area contributed by atoms with Gasteiger partial charge < -0.3 is 9.64 Å². The number of hydrogen-bond acceptors (Lipinski definition) is 4. The molecular weight excluding hydrogens is 252 g/mol. The number of aryl methyl sites for hydroxylation is 1. The summed E-state index contributed by atoms with van der Waals surface area (Å²) in [5.74, 6) is -0.104. The Morgan fingerprint density at radius 2 is 2.10 bits per heavy atom. The normalized spacial score (nSPS) is 20.9. The van der Waals surface area contributed by atoms with Crippen molar-refractivity contribution in [2.75, 3.05) is 33.3 Å². The van der Waals surface area contributed by atoms with Crippen LogP contribution in [0.2, 0.25) is 0 Å². The SMILES string of the molecule is CCOC(=O)C1CN(C)CCN1Cc1ccccc1C. The van der Waals surface area contributed by atoms with Crippen LogP contribution in [0.25, 0.3) is 0 Å². The van der Waals surface area contributed by atoms with Crippen molar-refractivity contribution in [2.45, 2.75) is 26.4 Å². The molecule has 1 heterocycles. The second kappa shape index (κ2) is 6.86. The second-order valence-corrected chi connectivity index (χ2v) is 5.43. The van der Waals surface area contributed by atoms with Crippen molar-refractivity contribution in [2.24, 2.45) is 0 Å². The van der Waals surface area contributed by atoms with Gasteiger partial charge in [0.25, 0.3) is 0 Å². The molecule has 2 rings (SSSR count). The van der Waals surface area contributed by atoms with Crippen LogP contribution in [0.4, 0.5) is 0 Å². The van der Waals surface area contributed by atoms with Gasteiger partial charge in [0.05, 0.1) is 6.61 Å². The Kier molecular flexibility index (Phi) is 5.15. The Morgan fingerprint density at radius 1 is 1.35 bits per heavy atom. The average molecular weight is 276 g/mol. The number of benzene rings is 1. The Hall–Kier alpha value is -1.39. The number of hydrogen-bond donors (Lipinski definition) is 0. The van der Waals surface area contributed by atoms with E-state index < -0.39 is 0 Å². The lowest BCUT2D eigenvalue weighted by molar-refractivity contribution is -0.152. The maximum Gasteiger partial charge on any atom is 0.324 e. The van der Waals surface area contributed by atoms with Gasteiger partial charge in [-0.15, -0.1) is 0 Å². The van der Waals surface area contributed by atoms with Crippen molar-refractivity contribution in [1.82, 2.24) is 9.80 Å². The zero-order valence-electron chi connectivity index (χ0n) is 12.6. The molecule has 0 saturated carbocycles. The topological polar surface area (TPSA) is 32.8 Å². The van der Waals surface area contributed by atoms with Gasteiger partial charge in [-0.25, -0.2) is 0 Å². The molecule has 4 heteroatoms. The highest BCUT2D eigenvalue weighted by molar-refractivity contribution is 5.76. The van der Waals surface area contributed by atoms with Crippen LogP contribution in [0.1, 0.15) is 18.1 Å². The maximum absolute atomic E-state index is 12.1. The summed E-state index contributed by atoms with van der Waals surface area (Å²) in [5.41, 5.74) is 2.56. The number of esters is 1. The highest BCUT2D eigenvalue weighted by Crippen LogP contribution is 2.16. The van der Waals surface area contributed by atoms with E-state index in [-0.39, 0.29) is 12.0 Å². The molecule has 0 spiro atoms. The summed E-state index contributed by atoms with van der Waals surface area (Å²) in [6.07, 6.45) is 0. The Morgan fingerprint density at radius 3 is 2.80 bits per heavy atom. The second-order valence-electron chi connectivity index (χ2n) is 5.43. The van der Waals surface area contributed by atoms with Crippen molar-refractivity contribution in [3.63, 3.8) is 0 Å². The zero-order chi connectivity index (χ0) is 14.5. The Bertz CT molecular complexity index is 462. The third kappa shape index (κ3) is 3.58. The van der Waals surface area contributed by atoms with E-state index in [0.29, 0.717) is 6.61 Å². The summed E-state index contributed by atoms with van der Waals surface area (Å²) in [6.45, 7) is 7.85. The summed E-state index contributed by atoms with van der Waals surface area (Å²) in [6, 6.07) is 8.19. The van der Waals surface area contributed by atoms with E-state index in [1.165, 1.54) is 11.1 Å². The number of rotatable bonds is 4. The average Bonchev–Trinajstić information content (AvgIpc) is 2.43. The molecule has 1 aromatic rings. The number of piperazine rings is 1. The van der Waals surface area contributed by atoms with Crippen molar-refractivity contribution in [3.05, 3.63) is 35.4 Å². The third-order valence-electron chi connectivity index (χ3n) is 3.89. The molecule has 0 radical (unpaired) electrons. The summed E-state index contributed by atoms with van der Waals surface area (Å²) in [5, 5.41) is 0. The monoisotopic (exact) mass is 276 g/mol. The van der Waals surface area contributed by atoms with E-state index in [1.807, 2.05) is 13.0 Å². The molecule has 0 amide bonds. The molecule has 1 saturated heterocycles. The lowest BCUT2D eigenvalue weighted by atomic mass is 10.1. The van der Waals surface area contributed by atoms with Gasteiger partial charge in [0.15, 0.2) is 0 Å². The molecule has 0 aliphatic carbocycles. The molecule has 1 unspecified atom stereocenters. The lowest BCUT2D eigenvalue weighted by Gasteiger charge is -2.38. The molecular formula is C16H24N2O2. The highest BCUT2D eigenvalue weighted by Gasteiger charge is 2.32. The Labute approximate surface area is 121 Å². The fourth-order valence-corrected chi connectivity index (χ4v) is 2.61. The predicted molar refractivity (Wildman–Crippen MR) is 79.5 cm³/mol. The fraction of sp³-hybridized carbons (Fsp3) is 0.562. The van der Waals surface area contributed by atoms with Gasteiger partial charge in [0.2, 0.25) is 0 Å². The molecule has 1 aromatic carbocycles. The van der Waals surface area contributed by atoms with Gasteiger partial charge in [-0.2, -0.15) is 0 Å². The molecule has 4 nitrogen and oxygen atoms in total. The van der Waals surface area contributed by atoms with E-state index in [1.54, 1.807) is 0 Å². The molecule has 0 aromatic heterocycles. The van der Waals surface area contributed by atoms with Crippen LogP contribution in [0, 0.1) is 6.92 Å². The maximum atomic E-state index is 12.1. The molecule has 110 valence electrons. The number of ether oxygens (including phenoxy) is 1. The van der Waals surface area contributed by atoms with Crippen LogP contribution in [0.3, 0.4) is 0 Å². The molecule has 0 N–H and O–H groups in total. The van der Waals surface area contributed by atoms with E-state index >= 15 is 0 Å². The van der Waals surface area contributed by atoms with E-state index in [4.69, 9.17) is 4.74 Å². The first-order valence-electron chi connectivity index (χ1n) is 7.25. The minimum absolute atomic E-state index is 0.104. The van der Waals surface area contributed by atoms with Crippen molar-refractivity contribution in [3.8, 4) is 0 Å². The zero-order valence-corrected chi connectivity index (χ0v) is 12.6. The quantitative estimate of drug-likeness (QED) is 0.783. The van der Waals surface area contributed by atoms with Gasteiger partial charge in [0.1, 0.15) is 6.04 Å².